The van der Waals surface area contributed by atoms with Gasteiger partial charge in [-0.2, -0.15) is 0 Å². The molecule has 3 rings (SSSR count). The molecule has 3 heteroatoms. The van der Waals surface area contributed by atoms with Gasteiger partial charge in [-0.25, -0.2) is 0 Å². The lowest BCUT2D eigenvalue weighted by atomic mass is 10.0. The molecule has 0 saturated carbocycles. The van der Waals surface area contributed by atoms with Gasteiger partial charge in [0.25, 0.3) is 0 Å². The van der Waals surface area contributed by atoms with Crippen molar-refractivity contribution < 1.29 is 4.74 Å². The summed E-state index contributed by atoms with van der Waals surface area (Å²) >= 11 is 0. The fourth-order valence-electron chi connectivity index (χ4n) is 3.52. The van der Waals surface area contributed by atoms with Gasteiger partial charge in [0.15, 0.2) is 0 Å². The van der Waals surface area contributed by atoms with E-state index in [0.29, 0.717) is 12.5 Å². The fourth-order valence-corrected chi connectivity index (χ4v) is 3.52. The van der Waals surface area contributed by atoms with Crippen LogP contribution >= 0.6 is 0 Å². The molecule has 1 fully saturated rings. The van der Waals surface area contributed by atoms with Gasteiger partial charge in [0.2, 0.25) is 0 Å². The number of aromatic nitrogens is 1. The van der Waals surface area contributed by atoms with Crippen molar-refractivity contribution in [2.75, 3.05) is 24.6 Å². The molecule has 0 amide bonds. The molecule has 128 valence electrons. The van der Waals surface area contributed by atoms with Crippen LogP contribution in [0.3, 0.4) is 0 Å². The van der Waals surface area contributed by atoms with E-state index in [1.807, 2.05) is 13.0 Å². The molecule has 0 bridgehead atoms. The van der Waals surface area contributed by atoms with Gasteiger partial charge in [-0.3, -0.25) is 4.98 Å². The summed E-state index contributed by atoms with van der Waals surface area (Å²) < 4.78 is 5.79. The molecule has 0 aliphatic carbocycles. The number of para-hydroxylation sites is 2. The Kier molecular flexibility index (Phi) is 5.73. The van der Waals surface area contributed by atoms with Gasteiger partial charge in [-0.15, -0.1) is 0 Å². The summed E-state index contributed by atoms with van der Waals surface area (Å²) in [4.78, 5) is 7.12. The summed E-state index contributed by atoms with van der Waals surface area (Å²) in [5.41, 5.74) is 3.80. The quantitative estimate of drug-likeness (QED) is 0.750. The van der Waals surface area contributed by atoms with Gasteiger partial charge in [-0.05, 0) is 55.9 Å². The van der Waals surface area contributed by atoms with Gasteiger partial charge >= 0.3 is 0 Å². The average Bonchev–Trinajstić information content (AvgIpc) is 3.06. The third-order valence-electron chi connectivity index (χ3n) is 4.71. The summed E-state index contributed by atoms with van der Waals surface area (Å²) in [5.74, 6) is 1.67. The number of aryl methyl sites for hydroxylation is 1. The van der Waals surface area contributed by atoms with E-state index in [0.717, 1.165) is 31.7 Å². The van der Waals surface area contributed by atoms with Crippen molar-refractivity contribution in [3.8, 4) is 5.75 Å². The van der Waals surface area contributed by atoms with Crippen LogP contribution in [-0.4, -0.2) is 24.7 Å². The van der Waals surface area contributed by atoms with Crippen molar-refractivity contribution in [3.05, 3.63) is 53.9 Å². The lowest BCUT2D eigenvalue weighted by molar-refractivity contribution is 0.340. The predicted octanol–water partition coefficient (Wildman–Crippen LogP) is 4.50. The molecule has 24 heavy (non-hydrogen) atoms. The SMILES string of the molecule is CCCc1ccc(CC2CCN(c3ccccc3OCC)C2)nc1. The van der Waals surface area contributed by atoms with Crippen molar-refractivity contribution in [2.45, 2.75) is 39.5 Å². The highest BCUT2D eigenvalue weighted by molar-refractivity contribution is 5.59. The maximum Gasteiger partial charge on any atom is 0.142 e. The Morgan fingerprint density at radius 3 is 2.79 bits per heavy atom. The van der Waals surface area contributed by atoms with E-state index in [1.54, 1.807) is 0 Å². The highest BCUT2D eigenvalue weighted by atomic mass is 16.5. The van der Waals surface area contributed by atoms with Crippen LogP contribution in [-0.2, 0) is 12.8 Å². The summed E-state index contributed by atoms with van der Waals surface area (Å²) in [7, 11) is 0. The molecule has 2 aromatic rings. The van der Waals surface area contributed by atoms with E-state index in [2.05, 4.69) is 53.3 Å². The summed E-state index contributed by atoms with van der Waals surface area (Å²) in [6.07, 6.45) is 6.64. The van der Waals surface area contributed by atoms with Gasteiger partial charge in [0.05, 0.1) is 12.3 Å². The Morgan fingerprint density at radius 1 is 1.17 bits per heavy atom. The number of pyridine rings is 1. The second-order valence-electron chi connectivity index (χ2n) is 6.61. The van der Waals surface area contributed by atoms with Crippen molar-refractivity contribution in [3.63, 3.8) is 0 Å². The Labute approximate surface area is 145 Å². The topological polar surface area (TPSA) is 25.4 Å². The monoisotopic (exact) mass is 324 g/mol. The summed E-state index contributed by atoms with van der Waals surface area (Å²) in [5, 5.41) is 0. The third kappa shape index (κ3) is 4.08. The molecule has 0 N–H and O–H groups in total. The highest BCUT2D eigenvalue weighted by Crippen LogP contribution is 2.33. The molecule has 3 nitrogen and oxygen atoms in total. The maximum absolute atomic E-state index is 5.79. The number of hydrogen-bond donors (Lipinski definition) is 0. The minimum Gasteiger partial charge on any atom is -0.492 e. The minimum absolute atomic E-state index is 0.671. The Balaban J connectivity index is 1.61. The van der Waals surface area contributed by atoms with Crippen molar-refractivity contribution in [1.29, 1.82) is 0 Å². The minimum atomic E-state index is 0.671. The number of rotatable bonds is 7. The summed E-state index contributed by atoms with van der Waals surface area (Å²) in [6, 6.07) is 12.8. The first-order valence-corrected chi connectivity index (χ1v) is 9.20. The molecule has 0 spiro atoms. The van der Waals surface area contributed by atoms with Crippen molar-refractivity contribution >= 4 is 5.69 Å². The predicted molar refractivity (Wildman–Crippen MR) is 99.9 cm³/mol. The Hall–Kier alpha value is -2.03. The molecule has 1 aromatic carbocycles. The lowest BCUT2D eigenvalue weighted by Gasteiger charge is -2.21. The normalized spacial score (nSPS) is 17.2. The first-order valence-electron chi connectivity index (χ1n) is 9.20. The molecule has 1 aliphatic rings. The first kappa shape index (κ1) is 16.8. The zero-order valence-corrected chi connectivity index (χ0v) is 14.9. The smallest absolute Gasteiger partial charge is 0.142 e. The van der Waals surface area contributed by atoms with Gasteiger partial charge in [-0.1, -0.05) is 31.5 Å². The van der Waals surface area contributed by atoms with Crippen LogP contribution in [0, 0.1) is 5.92 Å². The van der Waals surface area contributed by atoms with Crippen LogP contribution in [0.1, 0.15) is 37.9 Å². The van der Waals surface area contributed by atoms with Crippen LogP contribution < -0.4 is 9.64 Å². The van der Waals surface area contributed by atoms with Crippen LogP contribution in [0.2, 0.25) is 0 Å². The molecule has 2 heterocycles. The zero-order chi connectivity index (χ0) is 16.8. The van der Waals surface area contributed by atoms with E-state index in [9.17, 15) is 0 Å². The van der Waals surface area contributed by atoms with Gasteiger partial charge in [0, 0.05) is 25.0 Å². The van der Waals surface area contributed by atoms with Gasteiger partial charge < -0.3 is 9.64 Å². The van der Waals surface area contributed by atoms with E-state index in [4.69, 9.17) is 4.74 Å². The highest BCUT2D eigenvalue weighted by Gasteiger charge is 2.25. The van der Waals surface area contributed by atoms with Crippen molar-refractivity contribution in [2.24, 2.45) is 5.92 Å². The molecule has 1 unspecified atom stereocenters. The number of benzene rings is 1. The molecule has 0 radical (unpaired) electrons. The number of hydrogen-bond acceptors (Lipinski definition) is 3. The number of anilines is 1. The largest absolute Gasteiger partial charge is 0.492 e. The first-order chi connectivity index (χ1) is 11.8. The molecular formula is C21H28N2O. The molecule has 1 aromatic heterocycles. The standard InChI is InChI=1S/C21H28N2O/c1-3-7-17-10-11-19(22-15-17)14-18-12-13-23(16-18)20-8-5-6-9-21(20)24-4-2/h5-6,8-11,15,18H,3-4,7,12-14,16H2,1-2H3. The van der Waals surface area contributed by atoms with Crippen LogP contribution in [0.25, 0.3) is 0 Å². The lowest BCUT2D eigenvalue weighted by Crippen LogP contribution is -2.21. The zero-order valence-electron chi connectivity index (χ0n) is 14.9. The third-order valence-corrected chi connectivity index (χ3v) is 4.71. The fraction of sp³-hybridized carbons (Fsp3) is 0.476. The Morgan fingerprint density at radius 2 is 2.04 bits per heavy atom. The molecule has 1 saturated heterocycles. The Bertz CT molecular complexity index is 639. The van der Waals surface area contributed by atoms with E-state index < -0.39 is 0 Å². The van der Waals surface area contributed by atoms with Crippen LogP contribution in [0.15, 0.2) is 42.6 Å². The second kappa shape index (κ2) is 8.18. The summed E-state index contributed by atoms with van der Waals surface area (Å²) in [6.45, 7) is 7.14. The number of ether oxygens (including phenoxy) is 1. The average molecular weight is 324 g/mol. The van der Waals surface area contributed by atoms with E-state index in [-0.39, 0.29) is 0 Å². The van der Waals surface area contributed by atoms with Gasteiger partial charge in [0.1, 0.15) is 5.75 Å². The van der Waals surface area contributed by atoms with E-state index >= 15 is 0 Å². The van der Waals surface area contributed by atoms with E-state index in [1.165, 1.54) is 29.8 Å². The second-order valence-corrected chi connectivity index (χ2v) is 6.61. The van der Waals surface area contributed by atoms with Crippen LogP contribution in [0.4, 0.5) is 5.69 Å². The molecular weight excluding hydrogens is 296 g/mol. The number of nitrogens with zero attached hydrogens (tertiary/aromatic N) is 2. The maximum atomic E-state index is 5.79. The molecule has 1 aliphatic heterocycles. The molecule has 1 atom stereocenters. The van der Waals surface area contributed by atoms with Crippen molar-refractivity contribution in [1.82, 2.24) is 4.98 Å². The van der Waals surface area contributed by atoms with Crippen LogP contribution in [0.5, 0.6) is 5.75 Å².